The van der Waals surface area contributed by atoms with Crippen LogP contribution in [0, 0.1) is 0 Å². The zero-order chi connectivity index (χ0) is 17.8. The van der Waals surface area contributed by atoms with Crippen molar-refractivity contribution in [3.8, 4) is 5.75 Å². The lowest BCUT2D eigenvalue weighted by atomic mass is 9.82. The maximum atomic E-state index is 12.8. The lowest BCUT2D eigenvalue weighted by Gasteiger charge is -2.48. The van der Waals surface area contributed by atoms with Crippen molar-refractivity contribution in [2.45, 2.75) is 64.1 Å². The zero-order valence-corrected chi connectivity index (χ0v) is 15.0. The molecule has 2 bridgehead atoms. The van der Waals surface area contributed by atoms with Gasteiger partial charge in [-0.15, -0.1) is 0 Å². The SMILES string of the molecule is CCOc1ccc(NC(=O)N2C3CCCC2CC(NC(C)=O)C3)cc1. The molecule has 3 rings (SSSR count). The van der Waals surface area contributed by atoms with E-state index in [9.17, 15) is 9.59 Å². The predicted molar refractivity (Wildman–Crippen MR) is 96.7 cm³/mol. The number of carbonyl (C=O) groups is 2. The largest absolute Gasteiger partial charge is 0.494 e. The van der Waals surface area contributed by atoms with Crippen molar-refractivity contribution in [2.75, 3.05) is 11.9 Å². The lowest BCUT2D eigenvalue weighted by molar-refractivity contribution is -0.120. The van der Waals surface area contributed by atoms with E-state index in [1.807, 2.05) is 36.1 Å². The number of anilines is 1. The van der Waals surface area contributed by atoms with Crippen LogP contribution in [0.4, 0.5) is 10.5 Å². The Bertz CT molecular complexity index is 603. The molecule has 0 radical (unpaired) electrons. The van der Waals surface area contributed by atoms with Crippen LogP contribution < -0.4 is 15.4 Å². The van der Waals surface area contributed by atoms with Crippen molar-refractivity contribution >= 4 is 17.6 Å². The molecular formula is C19H27N3O3. The maximum Gasteiger partial charge on any atom is 0.322 e. The van der Waals surface area contributed by atoms with Gasteiger partial charge in [0.25, 0.3) is 0 Å². The number of urea groups is 1. The Hall–Kier alpha value is -2.24. The first-order valence-electron chi connectivity index (χ1n) is 9.16. The van der Waals surface area contributed by atoms with E-state index in [1.54, 1.807) is 6.92 Å². The van der Waals surface area contributed by atoms with Gasteiger partial charge in [0.15, 0.2) is 0 Å². The second kappa shape index (κ2) is 7.76. The molecule has 2 fully saturated rings. The first-order valence-corrected chi connectivity index (χ1v) is 9.16. The van der Waals surface area contributed by atoms with Gasteiger partial charge >= 0.3 is 6.03 Å². The summed E-state index contributed by atoms with van der Waals surface area (Å²) in [6, 6.07) is 8.00. The van der Waals surface area contributed by atoms with Crippen LogP contribution in [-0.2, 0) is 4.79 Å². The molecule has 3 amide bonds. The number of nitrogens with zero attached hydrogens (tertiary/aromatic N) is 1. The van der Waals surface area contributed by atoms with Crippen molar-refractivity contribution < 1.29 is 14.3 Å². The molecule has 2 unspecified atom stereocenters. The molecular weight excluding hydrogens is 318 g/mol. The van der Waals surface area contributed by atoms with Crippen LogP contribution in [0.3, 0.4) is 0 Å². The number of piperidine rings is 2. The summed E-state index contributed by atoms with van der Waals surface area (Å²) in [5, 5.41) is 6.04. The predicted octanol–water partition coefficient (Wildman–Crippen LogP) is 3.14. The van der Waals surface area contributed by atoms with Crippen molar-refractivity contribution in [1.82, 2.24) is 10.2 Å². The second-order valence-corrected chi connectivity index (χ2v) is 6.90. The third kappa shape index (κ3) is 4.24. The second-order valence-electron chi connectivity index (χ2n) is 6.90. The number of hydrogen-bond donors (Lipinski definition) is 2. The van der Waals surface area contributed by atoms with E-state index in [-0.39, 0.29) is 30.1 Å². The number of carbonyl (C=O) groups excluding carboxylic acids is 2. The van der Waals surface area contributed by atoms with Gasteiger partial charge in [-0.3, -0.25) is 4.79 Å². The van der Waals surface area contributed by atoms with Crippen LogP contribution in [0.5, 0.6) is 5.75 Å². The van der Waals surface area contributed by atoms with Crippen LogP contribution in [0.2, 0.25) is 0 Å². The molecule has 2 atom stereocenters. The van der Waals surface area contributed by atoms with E-state index in [1.165, 1.54) is 0 Å². The molecule has 0 aliphatic carbocycles. The summed E-state index contributed by atoms with van der Waals surface area (Å²) < 4.78 is 5.43. The van der Waals surface area contributed by atoms with Gasteiger partial charge in [-0.05, 0) is 63.3 Å². The summed E-state index contributed by atoms with van der Waals surface area (Å²) in [6.07, 6.45) is 4.83. The van der Waals surface area contributed by atoms with E-state index < -0.39 is 0 Å². The van der Waals surface area contributed by atoms with E-state index in [2.05, 4.69) is 10.6 Å². The Labute approximate surface area is 148 Å². The van der Waals surface area contributed by atoms with E-state index in [0.29, 0.717) is 6.61 Å². The average Bonchev–Trinajstić information content (AvgIpc) is 2.55. The van der Waals surface area contributed by atoms with Crippen molar-refractivity contribution in [2.24, 2.45) is 0 Å². The Morgan fingerprint density at radius 1 is 1.16 bits per heavy atom. The highest BCUT2D eigenvalue weighted by Crippen LogP contribution is 2.34. The summed E-state index contributed by atoms with van der Waals surface area (Å²) in [5.74, 6) is 0.809. The third-order valence-corrected chi connectivity index (χ3v) is 5.03. The molecule has 1 aromatic carbocycles. The van der Waals surface area contributed by atoms with Gasteiger partial charge in [0, 0.05) is 30.7 Å². The first kappa shape index (κ1) is 17.6. The minimum atomic E-state index is -0.0415. The quantitative estimate of drug-likeness (QED) is 0.881. The summed E-state index contributed by atoms with van der Waals surface area (Å²) in [7, 11) is 0. The molecule has 136 valence electrons. The summed E-state index contributed by atoms with van der Waals surface area (Å²) in [4.78, 5) is 26.2. The number of benzene rings is 1. The van der Waals surface area contributed by atoms with Crippen LogP contribution in [0.15, 0.2) is 24.3 Å². The van der Waals surface area contributed by atoms with Gasteiger partial charge in [-0.1, -0.05) is 0 Å². The fourth-order valence-electron chi connectivity index (χ4n) is 4.11. The lowest BCUT2D eigenvalue weighted by Crippen LogP contribution is -2.59. The van der Waals surface area contributed by atoms with Gasteiger partial charge in [0.1, 0.15) is 5.75 Å². The number of fused-ring (bicyclic) bond motifs is 2. The van der Waals surface area contributed by atoms with Crippen LogP contribution in [0.25, 0.3) is 0 Å². The topological polar surface area (TPSA) is 70.7 Å². The number of rotatable bonds is 4. The zero-order valence-electron chi connectivity index (χ0n) is 15.0. The number of amides is 3. The van der Waals surface area contributed by atoms with Gasteiger partial charge < -0.3 is 20.3 Å². The fraction of sp³-hybridized carbons (Fsp3) is 0.579. The summed E-state index contributed by atoms with van der Waals surface area (Å²) >= 11 is 0. The Balaban J connectivity index is 1.64. The normalized spacial score (nSPS) is 25.2. The van der Waals surface area contributed by atoms with E-state index >= 15 is 0 Å². The van der Waals surface area contributed by atoms with Crippen molar-refractivity contribution in [3.05, 3.63) is 24.3 Å². The van der Waals surface area contributed by atoms with Crippen LogP contribution >= 0.6 is 0 Å². The van der Waals surface area contributed by atoms with Gasteiger partial charge in [-0.2, -0.15) is 0 Å². The standard InChI is InChI=1S/C19H27N3O3/c1-3-25-18-9-7-14(8-10-18)21-19(24)22-16-5-4-6-17(22)12-15(11-16)20-13(2)23/h7-10,15-17H,3-6,11-12H2,1-2H3,(H,20,23)(H,21,24). The molecule has 6 nitrogen and oxygen atoms in total. The molecule has 2 N–H and O–H groups in total. The minimum absolute atomic E-state index is 0.00960. The minimum Gasteiger partial charge on any atom is -0.494 e. The van der Waals surface area contributed by atoms with Crippen LogP contribution in [-0.4, -0.2) is 41.6 Å². The molecule has 2 aliphatic rings. The molecule has 6 heteroatoms. The third-order valence-electron chi connectivity index (χ3n) is 5.03. The number of ether oxygens (including phenoxy) is 1. The Kier molecular flexibility index (Phi) is 5.46. The molecule has 0 saturated carbocycles. The molecule has 2 aliphatic heterocycles. The Morgan fingerprint density at radius 2 is 1.80 bits per heavy atom. The highest BCUT2D eigenvalue weighted by molar-refractivity contribution is 5.90. The highest BCUT2D eigenvalue weighted by Gasteiger charge is 2.41. The molecule has 0 spiro atoms. The van der Waals surface area contributed by atoms with Gasteiger partial charge in [0.2, 0.25) is 5.91 Å². The van der Waals surface area contributed by atoms with Crippen molar-refractivity contribution in [3.63, 3.8) is 0 Å². The number of nitrogens with one attached hydrogen (secondary N) is 2. The van der Waals surface area contributed by atoms with Crippen molar-refractivity contribution in [1.29, 1.82) is 0 Å². The fourth-order valence-corrected chi connectivity index (χ4v) is 4.11. The van der Waals surface area contributed by atoms with E-state index in [4.69, 9.17) is 4.74 Å². The smallest absolute Gasteiger partial charge is 0.322 e. The number of hydrogen-bond acceptors (Lipinski definition) is 3. The van der Waals surface area contributed by atoms with Gasteiger partial charge in [0.05, 0.1) is 6.61 Å². The first-order chi connectivity index (χ1) is 12.1. The highest BCUT2D eigenvalue weighted by atomic mass is 16.5. The molecule has 2 heterocycles. The maximum absolute atomic E-state index is 12.8. The Morgan fingerprint density at radius 3 is 2.36 bits per heavy atom. The molecule has 25 heavy (non-hydrogen) atoms. The molecule has 1 aromatic rings. The summed E-state index contributed by atoms with van der Waals surface area (Å²) in [5.41, 5.74) is 0.774. The molecule has 0 aromatic heterocycles. The molecule has 2 saturated heterocycles. The van der Waals surface area contributed by atoms with Crippen LogP contribution in [0.1, 0.15) is 46.0 Å². The average molecular weight is 345 g/mol. The van der Waals surface area contributed by atoms with E-state index in [0.717, 1.165) is 43.5 Å². The summed E-state index contributed by atoms with van der Waals surface area (Å²) in [6.45, 7) is 4.12. The van der Waals surface area contributed by atoms with Gasteiger partial charge in [-0.25, -0.2) is 4.79 Å². The monoisotopic (exact) mass is 345 g/mol.